The van der Waals surface area contributed by atoms with Crippen molar-refractivity contribution in [2.24, 2.45) is 0 Å². The Labute approximate surface area is 170 Å². The van der Waals surface area contributed by atoms with Crippen LogP contribution in [0.1, 0.15) is 31.8 Å². The summed E-state index contributed by atoms with van der Waals surface area (Å²) < 4.78 is 26.2. The number of H-pyrrole nitrogens is 1. The van der Waals surface area contributed by atoms with Gasteiger partial charge in [0.2, 0.25) is 10.0 Å². The zero-order valence-corrected chi connectivity index (χ0v) is 16.5. The topological polar surface area (TPSA) is 113 Å². The third kappa shape index (κ3) is 2.57. The van der Waals surface area contributed by atoms with Crippen LogP contribution in [0.25, 0.3) is 21.8 Å². The molecular formula is C22H14N2O5S. The Morgan fingerprint density at radius 1 is 0.800 bits per heavy atom. The molecule has 3 aromatic carbocycles. The Hall–Kier alpha value is -3.78. The molecule has 0 amide bonds. The maximum atomic E-state index is 13.4. The first-order valence-electron chi connectivity index (χ1n) is 9.04. The lowest BCUT2D eigenvalue weighted by molar-refractivity contribution is 0.0981. The first-order valence-corrected chi connectivity index (χ1v) is 10.9. The Kier molecular flexibility index (Phi) is 3.72. The van der Waals surface area contributed by atoms with Crippen molar-refractivity contribution in [2.75, 3.05) is 11.0 Å². The molecule has 1 aliphatic rings. The Morgan fingerprint density at radius 3 is 2.07 bits per heavy atom. The number of para-hydroxylation sites is 1. The molecule has 1 aliphatic carbocycles. The van der Waals surface area contributed by atoms with Crippen molar-refractivity contribution < 1.29 is 18.0 Å². The number of carbonyl (C=O) groups is 2. The summed E-state index contributed by atoms with van der Waals surface area (Å²) in [5.74, 6) is -0.935. The van der Waals surface area contributed by atoms with Gasteiger partial charge >= 0.3 is 0 Å². The van der Waals surface area contributed by atoms with Crippen LogP contribution in [0.4, 0.5) is 5.69 Å². The third-order valence-corrected chi connectivity index (χ3v) is 5.76. The van der Waals surface area contributed by atoms with Crippen LogP contribution < -0.4 is 10.2 Å². The molecule has 7 nitrogen and oxygen atoms in total. The predicted octanol–water partition coefficient (Wildman–Crippen LogP) is 2.83. The fraction of sp³-hybridized carbons (Fsp3) is 0.0455. The smallest absolute Gasteiger partial charge is 0.229 e. The highest BCUT2D eigenvalue weighted by Gasteiger charge is 2.35. The second kappa shape index (κ2) is 6.11. The molecule has 0 spiro atoms. The minimum Gasteiger partial charge on any atom is -0.354 e. The fourth-order valence-corrected chi connectivity index (χ4v) is 4.51. The number of aromatic amines is 1. The second-order valence-corrected chi connectivity index (χ2v) is 8.92. The van der Waals surface area contributed by atoms with Crippen molar-refractivity contribution in [3.63, 3.8) is 0 Å². The lowest BCUT2D eigenvalue weighted by atomic mass is 9.82. The summed E-state index contributed by atoms with van der Waals surface area (Å²) in [7, 11) is -3.78. The van der Waals surface area contributed by atoms with E-state index in [0.717, 1.165) is 6.26 Å². The number of carbonyl (C=O) groups excluding carboxylic acids is 2. The zero-order chi connectivity index (χ0) is 21.2. The molecule has 0 saturated carbocycles. The summed E-state index contributed by atoms with van der Waals surface area (Å²) in [6, 6.07) is 14.5. The fourth-order valence-electron chi connectivity index (χ4n) is 3.95. The van der Waals surface area contributed by atoms with Gasteiger partial charge in [0, 0.05) is 27.4 Å². The number of pyridine rings is 1. The van der Waals surface area contributed by atoms with Crippen molar-refractivity contribution >= 4 is 49.1 Å². The van der Waals surface area contributed by atoms with Gasteiger partial charge in [-0.3, -0.25) is 19.1 Å². The molecule has 0 saturated heterocycles. The highest BCUT2D eigenvalue weighted by molar-refractivity contribution is 7.92. The lowest BCUT2D eigenvalue weighted by Gasteiger charge is -2.22. The van der Waals surface area contributed by atoms with Crippen LogP contribution in [-0.4, -0.2) is 31.2 Å². The molecule has 1 aromatic heterocycles. The van der Waals surface area contributed by atoms with Gasteiger partial charge in [0.25, 0.3) is 0 Å². The summed E-state index contributed by atoms with van der Waals surface area (Å²) in [4.78, 5) is 42.9. The monoisotopic (exact) mass is 418 g/mol. The molecule has 2 N–H and O–H groups in total. The summed E-state index contributed by atoms with van der Waals surface area (Å²) in [6.07, 6.45) is 0.942. The number of ketones is 2. The number of nitrogens with one attached hydrogen (secondary N) is 2. The normalized spacial score (nSPS) is 13.4. The molecule has 0 unspecified atom stereocenters. The SMILES string of the molecule is CS(=O)(=O)Nc1cc2c(=O)c3ccccc3[nH]c2c2c1C(=O)c1ccccc1C2=O. The van der Waals surface area contributed by atoms with Crippen LogP contribution in [0.3, 0.4) is 0 Å². The van der Waals surface area contributed by atoms with Gasteiger partial charge in [-0.2, -0.15) is 0 Å². The molecule has 8 heteroatoms. The van der Waals surface area contributed by atoms with Crippen molar-refractivity contribution in [1.29, 1.82) is 0 Å². The van der Waals surface area contributed by atoms with E-state index in [-0.39, 0.29) is 44.3 Å². The van der Waals surface area contributed by atoms with E-state index >= 15 is 0 Å². The molecule has 0 bridgehead atoms. The van der Waals surface area contributed by atoms with Crippen LogP contribution >= 0.6 is 0 Å². The number of fused-ring (bicyclic) bond motifs is 5. The van der Waals surface area contributed by atoms with E-state index in [9.17, 15) is 22.8 Å². The first-order chi connectivity index (χ1) is 14.3. The van der Waals surface area contributed by atoms with Gasteiger partial charge in [0.15, 0.2) is 17.0 Å². The highest BCUT2D eigenvalue weighted by atomic mass is 32.2. The van der Waals surface area contributed by atoms with E-state index < -0.39 is 21.6 Å². The van der Waals surface area contributed by atoms with Gasteiger partial charge in [0.1, 0.15) is 0 Å². The van der Waals surface area contributed by atoms with E-state index in [4.69, 9.17) is 0 Å². The van der Waals surface area contributed by atoms with Gasteiger partial charge < -0.3 is 4.98 Å². The van der Waals surface area contributed by atoms with Gasteiger partial charge in [0.05, 0.1) is 28.6 Å². The summed E-state index contributed by atoms with van der Waals surface area (Å²) in [5, 5.41) is 0.518. The molecule has 0 fully saturated rings. The maximum Gasteiger partial charge on any atom is 0.229 e. The molecule has 30 heavy (non-hydrogen) atoms. The Bertz CT molecular complexity index is 1600. The first kappa shape index (κ1) is 18.3. The summed E-state index contributed by atoms with van der Waals surface area (Å²) in [6.45, 7) is 0. The molecule has 148 valence electrons. The number of rotatable bonds is 2. The zero-order valence-electron chi connectivity index (χ0n) is 15.6. The van der Waals surface area contributed by atoms with Crippen LogP contribution in [0.15, 0.2) is 59.4 Å². The quantitative estimate of drug-likeness (QED) is 0.428. The number of hydrogen-bond donors (Lipinski definition) is 2. The van der Waals surface area contributed by atoms with Crippen LogP contribution in [0.5, 0.6) is 0 Å². The summed E-state index contributed by atoms with van der Waals surface area (Å²) >= 11 is 0. The summed E-state index contributed by atoms with van der Waals surface area (Å²) in [5.41, 5.74) is 0.593. The molecule has 5 rings (SSSR count). The van der Waals surface area contributed by atoms with E-state index in [1.807, 2.05) is 0 Å². The van der Waals surface area contributed by atoms with Crippen molar-refractivity contribution in [3.8, 4) is 0 Å². The molecule has 4 aromatic rings. The van der Waals surface area contributed by atoms with E-state index in [1.54, 1.807) is 42.5 Å². The predicted molar refractivity (Wildman–Crippen MR) is 114 cm³/mol. The van der Waals surface area contributed by atoms with Gasteiger partial charge in [-0.15, -0.1) is 0 Å². The van der Waals surface area contributed by atoms with Crippen molar-refractivity contribution in [2.45, 2.75) is 0 Å². The Morgan fingerprint density at radius 2 is 1.40 bits per heavy atom. The van der Waals surface area contributed by atoms with Crippen LogP contribution in [0.2, 0.25) is 0 Å². The number of sulfonamides is 1. The second-order valence-electron chi connectivity index (χ2n) is 7.17. The minimum absolute atomic E-state index is 0.00907. The molecule has 0 aliphatic heterocycles. The van der Waals surface area contributed by atoms with Crippen LogP contribution in [-0.2, 0) is 10.0 Å². The third-order valence-electron chi connectivity index (χ3n) is 5.17. The van der Waals surface area contributed by atoms with Crippen molar-refractivity contribution in [1.82, 2.24) is 4.98 Å². The van der Waals surface area contributed by atoms with Crippen LogP contribution in [0, 0.1) is 0 Å². The van der Waals surface area contributed by atoms with E-state index in [1.165, 1.54) is 12.1 Å². The lowest BCUT2D eigenvalue weighted by Crippen LogP contribution is -2.25. The van der Waals surface area contributed by atoms with Crippen molar-refractivity contribution in [3.05, 3.63) is 87.1 Å². The Balaban J connectivity index is 2.00. The van der Waals surface area contributed by atoms with E-state index in [2.05, 4.69) is 9.71 Å². The number of aromatic nitrogens is 1. The molecule has 0 atom stereocenters. The number of benzene rings is 3. The van der Waals surface area contributed by atoms with Gasteiger partial charge in [-0.05, 0) is 18.2 Å². The number of hydrogen-bond acceptors (Lipinski definition) is 5. The molecular weight excluding hydrogens is 404 g/mol. The number of anilines is 1. The highest BCUT2D eigenvalue weighted by Crippen LogP contribution is 2.36. The van der Waals surface area contributed by atoms with E-state index in [0.29, 0.717) is 10.9 Å². The average Bonchev–Trinajstić information content (AvgIpc) is 2.71. The largest absolute Gasteiger partial charge is 0.354 e. The minimum atomic E-state index is -3.78. The molecule has 1 heterocycles. The molecule has 0 radical (unpaired) electrons. The standard InChI is InChI=1S/C22H14N2O5S/c1-30(28,29)24-16-10-14-19(23-15-9-5-4-8-13(15)20(14)25)18-17(16)21(26)11-6-2-3-7-12(11)22(18)27/h2-10,24H,1H3,(H,23,25). The van der Waals surface area contributed by atoms with Gasteiger partial charge in [-0.1, -0.05) is 36.4 Å². The van der Waals surface area contributed by atoms with Gasteiger partial charge in [-0.25, -0.2) is 8.42 Å². The maximum absolute atomic E-state index is 13.4. The average molecular weight is 418 g/mol.